The monoisotopic (exact) mass is 303 g/mol. The van der Waals surface area contributed by atoms with E-state index in [1.807, 2.05) is 0 Å². The van der Waals surface area contributed by atoms with Gasteiger partial charge in [-0.1, -0.05) is 23.7 Å². The molecule has 20 heavy (non-hydrogen) atoms. The van der Waals surface area contributed by atoms with Crippen LogP contribution in [0.2, 0.25) is 5.02 Å². The van der Waals surface area contributed by atoms with Crippen molar-refractivity contribution in [2.75, 3.05) is 0 Å². The van der Waals surface area contributed by atoms with Crippen molar-refractivity contribution in [3.8, 4) is 11.3 Å². The standard InChI is InChI=1S/C11H5ClF3N3O2/c12-6-3-1-5(2-4-6)7-8(11(13,14)15)17-18-9(16-7)10(19)20/h1-4H,(H,19,20). The van der Waals surface area contributed by atoms with E-state index in [1.165, 1.54) is 24.3 Å². The summed E-state index contributed by atoms with van der Waals surface area (Å²) < 4.78 is 38.5. The molecule has 0 fully saturated rings. The Morgan fingerprint density at radius 1 is 1.15 bits per heavy atom. The largest absolute Gasteiger partial charge is 0.475 e. The normalized spacial score (nSPS) is 11.4. The Morgan fingerprint density at radius 2 is 1.75 bits per heavy atom. The number of nitrogens with zero attached hydrogens (tertiary/aromatic N) is 3. The van der Waals surface area contributed by atoms with E-state index in [0.717, 1.165) is 0 Å². The Hall–Kier alpha value is -2.22. The van der Waals surface area contributed by atoms with Crippen molar-refractivity contribution in [3.63, 3.8) is 0 Å². The Labute approximate surface area is 115 Å². The molecule has 0 atom stereocenters. The molecule has 1 aromatic heterocycles. The molecule has 0 saturated heterocycles. The zero-order valence-corrected chi connectivity index (χ0v) is 10.3. The molecule has 1 heterocycles. The summed E-state index contributed by atoms with van der Waals surface area (Å²) in [6.45, 7) is 0. The van der Waals surface area contributed by atoms with Crippen LogP contribution >= 0.6 is 11.6 Å². The maximum atomic E-state index is 12.8. The third kappa shape index (κ3) is 2.85. The van der Waals surface area contributed by atoms with Gasteiger partial charge in [0.2, 0.25) is 0 Å². The number of halogens is 4. The van der Waals surface area contributed by atoms with E-state index in [4.69, 9.17) is 16.7 Å². The Balaban J connectivity index is 2.66. The van der Waals surface area contributed by atoms with E-state index in [2.05, 4.69) is 15.2 Å². The number of carbonyl (C=O) groups is 1. The van der Waals surface area contributed by atoms with E-state index >= 15 is 0 Å². The highest BCUT2D eigenvalue weighted by atomic mass is 35.5. The van der Waals surface area contributed by atoms with Crippen molar-refractivity contribution in [2.24, 2.45) is 0 Å². The van der Waals surface area contributed by atoms with Gasteiger partial charge in [-0.15, -0.1) is 10.2 Å². The molecule has 1 aromatic carbocycles. The molecular weight excluding hydrogens is 299 g/mol. The van der Waals surface area contributed by atoms with Crippen LogP contribution in [0.15, 0.2) is 24.3 Å². The number of benzene rings is 1. The zero-order chi connectivity index (χ0) is 14.9. The molecule has 0 aliphatic heterocycles. The highest BCUT2D eigenvalue weighted by Gasteiger charge is 2.38. The van der Waals surface area contributed by atoms with Gasteiger partial charge in [0.15, 0.2) is 5.69 Å². The smallest absolute Gasteiger partial charge is 0.437 e. The van der Waals surface area contributed by atoms with Gasteiger partial charge in [-0.3, -0.25) is 0 Å². The first-order valence-electron chi connectivity index (χ1n) is 5.10. The molecule has 9 heteroatoms. The third-order valence-corrected chi connectivity index (χ3v) is 2.52. The van der Waals surface area contributed by atoms with Crippen molar-refractivity contribution in [3.05, 3.63) is 40.8 Å². The van der Waals surface area contributed by atoms with Gasteiger partial charge in [-0.25, -0.2) is 9.78 Å². The maximum Gasteiger partial charge on any atom is 0.437 e. The minimum Gasteiger partial charge on any atom is -0.475 e. The van der Waals surface area contributed by atoms with Gasteiger partial charge < -0.3 is 5.11 Å². The van der Waals surface area contributed by atoms with Crippen LogP contribution in [0, 0.1) is 0 Å². The van der Waals surface area contributed by atoms with Crippen LogP contribution in [-0.2, 0) is 6.18 Å². The summed E-state index contributed by atoms with van der Waals surface area (Å²) in [5, 5.41) is 14.9. The van der Waals surface area contributed by atoms with E-state index in [-0.39, 0.29) is 5.56 Å². The molecule has 0 bridgehead atoms. The van der Waals surface area contributed by atoms with Gasteiger partial charge in [0.1, 0.15) is 5.69 Å². The molecule has 1 N–H and O–H groups in total. The Morgan fingerprint density at radius 3 is 2.25 bits per heavy atom. The highest BCUT2D eigenvalue weighted by Crippen LogP contribution is 2.34. The summed E-state index contributed by atoms with van der Waals surface area (Å²) in [5.41, 5.74) is -1.93. The molecule has 0 saturated carbocycles. The van der Waals surface area contributed by atoms with Crippen molar-refractivity contribution in [1.29, 1.82) is 0 Å². The second-order valence-corrected chi connectivity index (χ2v) is 4.08. The highest BCUT2D eigenvalue weighted by molar-refractivity contribution is 6.30. The molecular formula is C11H5ClF3N3O2. The molecule has 104 valence electrons. The number of carboxylic acid groups (broad SMARTS) is 1. The van der Waals surface area contributed by atoms with Crippen molar-refractivity contribution < 1.29 is 23.1 Å². The number of carboxylic acids is 1. The Bertz CT molecular complexity index is 659. The van der Waals surface area contributed by atoms with Crippen LogP contribution in [0.3, 0.4) is 0 Å². The van der Waals surface area contributed by atoms with E-state index < -0.39 is 29.4 Å². The summed E-state index contributed by atoms with van der Waals surface area (Å²) in [7, 11) is 0. The lowest BCUT2D eigenvalue weighted by Crippen LogP contribution is -2.16. The predicted molar refractivity (Wildman–Crippen MR) is 62.2 cm³/mol. The van der Waals surface area contributed by atoms with E-state index in [0.29, 0.717) is 5.02 Å². The fourth-order valence-corrected chi connectivity index (χ4v) is 1.54. The summed E-state index contributed by atoms with van der Waals surface area (Å²) in [4.78, 5) is 14.1. The first-order chi connectivity index (χ1) is 9.29. The predicted octanol–water partition coefficient (Wildman–Crippen LogP) is 2.91. The number of aromatic nitrogens is 3. The van der Waals surface area contributed by atoms with Gasteiger partial charge in [-0.05, 0) is 12.1 Å². The van der Waals surface area contributed by atoms with Gasteiger partial charge in [0, 0.05) is 10.6 Å². The molecule has 0 amide bonds. The zero-order valence-electron chi connectivity index (χ0n) is 9.52. The molecule has 2 rings (SSSR count). The fourth-order valence-electron chi connectivity index (χ4n) is 1.42. The van der Waals surface area contributed by atoms with Crippen LogP contribution in [0.5, 0.6) is 0 Å². The van der Waals surface area contributed by atoms with Crippen LogP contribution in [-0.4, -0.2) is 26.3 Å². The quantitative estimate of drug-likeness (QED) is 0.923. The second-order valence-electron chi connectivity index (χ2n) is 3.64. The molecule has 0 unspecified atom stereocenters. The van der Waals surface area contributed by atoms with Gasteiger partial charge in [-0.2, -0.15) is 13.2 Å². The first kappa shape index (κ1) is 14.2. The fraction of sp³-hybridized carbons (Fsp3) is 0.0909. The lowest BCUT2D eigenvalue weighted by atomic mass is 10.1. The topological polar surface area (TPSA) is 76.0 Å². The van der Waals surface area contributed by atoms with Gasteiger partial charge >= 0.3 is 12.1 Å². The number of hydrogen-bond donors (Lipinski definition) is 1. The van der Waals surface area contributed by atoms with E-state index in [9.17, 15) is 18.0 Å². The van der Waals surface area contributed by atoms with Crippen LogP contribution in [0.1, 0.15) is 16.3 Å². The summed E-state index contributed by atoms with van der Waals surface area (Å²) in [5.74, 6) is -2.38. The van der Waals surface area contributed by atoms with Crippen molar-refractivity contribution in [1.82, 2.24) is 15.2 Å². The number of aromatic carboxylic acids is 1. The van der Waals surface area contributed by atoms with Crippen LogP contribution < -0.4 is 0 Å². The molecule has 0 aliphatic rings. The third-order valence-electron chi connectivity index (χ3n) is 2.26. The first-order valence-corrected chi connectivity index (χ1v) is 5.48. The molecule has 2 aromatic rings. The van der Waals surface area contributed by atoms with Gasteiger partial charge in [0.25, 0.3) is 5.82 Å². The number of hydrogen-bond acceptors (Lipinski definition) is 4. The number of rotatable bonds is 2. The maximum absolute atomic E-state index is 12.8. The van der Waals surface area contributed by atoms with E-state index in [1.54, 1.807) is 0 Å². The lowest BCUT2D eigenvalue weighted by molar-refractivity contribution is -0.141. The lowest BCUT2D eigenvalue weighted by Gasteiger charge is -2.10. The molecule has 0 spiro atoms. The van der Waals surface area contributed by atoms with Crippen LogP contribution in [0.4, 0.5) is 13.2 Å². The second kappa shape index (κ2) is 5.04. The minimum absolute atomic E-state index is 0.0409. The summed E-state index contributed by atoms with van der Waals surface area (Å²) in [6, 6.07) is 5.29. The minimum atomic E-state index is -4.80. The Kier molecular flexibility index (Phi) is 3.58. The van der Waals surface area contributed by atoms with Crippen molar-refractivity contribution >= 4 is 17.6 Å². The summed E-state index contributed by atoms with van der Waals surface area (Å²) in [6.07, 6.45) is -4.80. The SMILES string of the molecule is O=C(O)c1nnc(C(F)(F)F)c(-c2ccc(Cl)cc2)n1. The average molecular weight is 304 g/mol. The van der Waals surface area contributed by atoms with Crippen molar-refractivity contribution in [2.45, 2.75) is 6.18 Å². The number of alkyl halides is 3. The average Bonchev–Trinajstić information content (AvgIpc) is 2.37. The van der Waals surface area contributed by atoms with Crippen LogP contribution in [0.25, 0.3) is 11.3 Å². The van der Waals surface area contributed by atoms with Gasteiger partial charge in [0.05, 0.1) is 0 Å². The molecule has 0 radical (unpaired) electrons. The summed E-state index contributed by atoms with van der Waals surface area (Å²) >= 11 is 5.65. The molecule has 0 aliphatic carbocycles. The molecule has 5 nitrogen and oxygen atoms in total.